The average Bonchev–Trinajstić information content (AvgIpc) is 2.52. The third kappa shape index (κ3) is 3.84. The van der Waals surface area contributed by atoms with Crippen molar-refractivity contribution in [2.24, 2.45) is 0 Å². The van der Waals surface area contributed by atoms with Crippen molar-refractivity contribution in [2.75, 3.05) is 36.9 Å². The normalized spacial score (nSPS) is 23.5. The van der Waals surface area contributed by atoms with Gasteiger partial charge in [0.05, 0.1) is 25.3 Å². The van der Waals surface area contributed by atoms with Crippen LogP contribution in [0.2, 0.25) is 0 Å². The number of amides is 1. The summed E-state index contributed by atoms with van der Waals surface area (Å²) >= 11 is 0. The second-order valence-electron chi connectivity index (χ2n) is 7.87. The summed E-state index contributed by atoms with van der Waals surface area (Å²) in [5.74, 6) is 0. The molecule has 3 rings (SSSR count). The fraction of sp³-hybridized carbons (Fsp3) is 0.632. The number of carbonyl (C=O) groups is 1. The third-order valence-electron chi connectivity index (χ3n) is 4.75. The Hall–Kier alpha value is -1.95. The Morgan fingerprint density at radius 1 is 1.28 bits per heavy atom. The van der Waals surface area contributed by atoms with Gasteiger partial charge in [0.1, 0.15) is 5.60 Å². The summed E-state index contributed by atoms with van der Waals surface area (Å²) in [6.45, 7) is 10.4. The highest BCUT2D eigenvalue weighted by Crippen LogP contribution is 2.29. The van der Waals surface area contributed by atoms with Gasteiger partial charge in [-0.15, -0.1) is 0 Å². The number of fused-ring (bicyclic) bond motifs is 2. The van der Waals surface area contributed by atoms with E-state index in [-0.39, 0.29) is 18.2 Å². The van der Waals surface area contributed by atoms with E-state index in [2.05, 4.69) is 24.0 Å². The highest BCUT2D eigenvalue weighted by molar-refractivity contribution is 5.70. The maximum atomic E-state index is 12.6. The molecule has 138 valence electrons. The minimum absolute atomic E-state index is 0.00461. The number of hydrogen-bond donors (Lipinski definition) is 1. The predicted molar refractivity (Wildman–Crippen MR) is 98.9 cm³/mol. The molecule has 0 aliphatic carbocycles. The lowest BCUT2D eigenvalue weighted by Crippen LogP contribution is -2.66. The van der Waals surface area contributed by atoms with Crippen molar-refractivity contribution in [3.8, 4) is 0 Å². The fourth-order valence-corrected chi connectivity index (χ4v) is 3.58. The molecule has 1 amide bonds. The number of rotatable bonds is 2. The Kier molecular flexibility index (Phi) is 4.82. The fourth-order valence-electron chi connectivity index (χ4n) is 3.58. The maximum Gasteiger partial charge on any atom is 0.411 e. The quantitative estimate of drug-likeness (QED) is 0.833. The van der Waals surface area contributed by atoms with E-state index < -0.39 is 5.60 Å². The van der Waals surface area contributed by atoms with Crippen molar-refractivity contribution in [1.82, 2.24) is 4.90 Å². The van der Waals surface area contributed by atoms with Gasteiger partial charge < -0.3 is 20.1 Å². The van der Waals surface area contributed by atoms with Gasteiger partial charge in [0.25, 0.3) is 0 Å². The van der Waals surface area contributed by atoms with Gasteiger partial charge in [-0.2, -0.15) is 0 Å². The van der Waals surface area contributed by atoms with E-state index in [4.69, 9.17) is 15.2 Å². The zero-order chi connectivity index (χ0) is 18.2. The molecule has 2 heterocycles. The molecular formula is C19H29N3O3. The van der Waals surface area contributed by atoms with Crippen LogP contribution >= 0.6 is 0 Å². The first-order valence-corrected chi connectivity index (χ1v) is 9.01. The number of aryl methyl sites for hydroxylation is 1. The second-order valence-corrected chi connectivity index (χ2v) is 7.87. The lowest BCUT2D eigenvalue weighted by Gasteiger charge is -2.50. The largest absolute Gasteiger partial charge is 0.444 e. The summed E-state index contributed by atoms with van der Waals surface area (Å²) < 4.78 is 11.3. The molecule has 0 aromatic heterocycles. The summed E-state index contributed by atoms with van der Waals surface area (Å²) in [5.41, 5.74) is 8.70. The Bertz CT molecular complexity index is 627. The van der Waals surface area contributed by atoms with E-state index in [9.17, 15) is 4.79 Å². The number of nitrogen functional groups attached to an aromatic ring is 1. The molecule has 1 aromatic carbocycles. The van der Waals surface area contributed by atoms with Crippen LogP contribution in [0.1, 0.15) is 33.3 Å². The third-order valence-corrected chi connectivity index (χ3v) is 4.75. The summed E-state index contributed by atoms with van der Waals surface area (Å²) in [4.78, 5) is 16.8. The van der Waals surface area contributed by atoms with Gasteiger partial charge in [-0.1, -0.05) is 6.92 Å². The predicted octanol–water partition coefficient (Wildman–Crippen LogP) is 2.66. The van der Waals surface area contributed by atoms with E-state index in [0.717, 1.165) is 36.4 Å². The number of carbonyl (C=O) groups excluding carboxylic acids is 1. The van der Waals surface area contributed by atoms with E-state index >= 15 is 0 Å². The standard InChI is InChI=1S/C19H29N3O3/c1-5-13-8-14(6-7-17(13)20)21-9-15-11-24-12-16(10-21)22(15)18(23)25-19(2,3)4/h6-8,15-16H,5,9-12,20H2,1-4H3. The first kappa shape index (κ1) is 17.9. The molecule has 2 atom stereocenters. The minimum Gasteiger partial charge on any atom is -0.444 e. The summed E-state index contributed by atoms with van der Waals surface area (Å²) in [5, 5.41) is 0. The van der Waals surface area contributed by atoms with Crippen LogP contribution < -0.4 is 10.6 Å². The van der Waals surface area contributed by atoms with Crippen LogP contribution in [0.25, 0.3) is 0 Å². The highest BCUT2D eigenvalue weighted by Gasteiger charge is 2.42. The molecule has 2 aliphatic rings. The molecule has 2 aliphatic heterocycles. The second kappa shape index (κ2) is 6.75. The van der Waals surface area contributed by atoms with Gasteiger partial charge in [-0.25, -0.2) is 4.79 Å². The van der Waals surface area contributed by atoms with Crippen molar-refractivity contribution in [3.05, 3.63) is 23.8 Å². The highest BCUT2D eigenvalue weighted by atomic mass is 16.6. The topological polar surface area (TPSA) is 68.0 Å². The van der Waals surface area contributed by atoms with E-state index in [1.807, 2.05) is 31.7 Å². The zero-order valence-corrected chi connectivity index (χ0v) is 15.6. The Balaban J connectivity index is 1.78. The van der Waals surface area contributed by atoms with Crippen LogP contribution in [0.3, 0.4) is 0 Å². The van der Waals surface area contributed by atoms with Crippen molar-refractivity contribution in [1.29, 1.82) is 0 Å². The van der Waals surface area contributed by atoms with Crippen molar-refractivity contribution < 1.29 is 14.3 Å². The van der Waals surface area contributed by atoms with Crippen LogP contribution in [-0.4, -0.2) is 55.0 Å². The molecule has 2 N–H and O–H groups in total. The summed E-state index contributed by atoms with van der Waals surface area (Å²) in [6, 6.07) is 6.21. The van der Waals surface area contributed by atoms with Gasteiger partial charge in [0.2, 0.25) is 0 Å². The number of nitrogens with two attached hydrogens (primary N) is 1. The van der Waals surface area contributed by atoms with Gasteiger partial charge >= 0.3 is 6.09 Å². The van der Waals surface area contributed by atoms with Crippen LogP contribution in [-0.2, 0) is 15.9 Å². The smallest absolute Gasteiger partial charge is 0.411 e. The number of anilines is 2. The molecule has 2 saturated heterocycles. The SMILES string of the molecule is CCc1cc(N2CC3COCC(C2)N3C(=O)OC(C)(C)C)ccc1N. The van der Waals surface area contributed by atoms with E-state index in [1.54, 1.807) is 0 Å². The molecule has 2 unspecified atom stereocenters. The first-order valence-electron chi connectivity index (χ1n) is 9.01. The van der Waals surface area contributed by atoms with Crippen molar-refractivity contribution in [2.45, 2.75) is 51.8 Å². The van der Waals surface area contributed by atoms with Crippen molar-refractivity contribution >= 4 is 17.5 Å². The average molecular weight is 347 g/mol. The van der Waals surface area contributed by atoms with Gasteiger partial charge in [-0.3, -0.25) is 4.90 Å². The number of benzene rings is 1. The number of ether oxygens (including phenoxy) is 2. The lowest BCUT2D eigenvalue weighted by atomic mass is 10.0. The molecule has 0 radical (unpaired) electrons. The molecule has 0 spiro atoms. The molecule has 1 aromatic rings. The van der Waals surface area contributed by atoms with E-state index in [1.165, 1.54) is 0 Å². The number of nitrogens with zero attached hydrogens (tertiary/aromatic N) is 2. The molecular weight excluding hydrogens is 318 g/mol. The molecule has 2 bridgehead atoms. The van der Waals surface area contributed by atoms with Crippen LogP contribution in [0.15, 0.2) is 18.2 Å². The zero-order valence-electron chi connectivity index (χ0n) is 15.6. The molecule has 0 saturated carbocycles. The number of morpholine rings is 1. The Labute approximate surface area is 149 Å². The number of hydrogen-bond acceptors (Lipinski definition) is 5. The lowest BCUT2D eigenvalue weighted by molar-refractivity contribution is -0.0665. The maximum absolute atomic E-state index is 12.6. The monoisotopic (exact) mass is 347 g/mol. The Morgan fingerprint density at radius 3 is 2.48 bits per heavy atom. The molecule has 6 heteroatoms. The molecule has 6 nitrogen and oxygen atoms in total. The van der Waals surface area contributed by atoms with Crippen LogP contribution in [0, 0.1) is 0 Å². The van der Waals surface area contributed by atoms with Gasteiger partial charge in [-0.05, 0) is 51.0 Å². The Morgan fingerprint density at radius 2 is 1.92 bits per heavy atom. The number of piperazine rings is 1. The first-order chi connectivity index (χ1) is 11.8. The molecule has 2 fully saturated rings. The summed E-state index contributed by atoms with van der Waals surface area (Å²) in [6.07, 6.45) is 0.671. The van der Waals surface area contributed by atoms with E-state index in [0.29, 0.717) is 13.2 Å². The van der Waals surface area contributed by atoms with Crippen LogP contribution in [0.4, 0.5) is 16.2 Å². The summed E-state index contributed by atoms with van der Waals surface area (Å²) in [7, 11) is 0. The van der Waals surface area contributed by atoms with Crippen molar-refractivity contribution in [3.63, 3.8) is 0 Å². The minimum atomic E-state index is -0.490. The molecule has 25 heavy (non-hydrogen) atoms. The van der Waals surface area contributed by atoms with Gasteiger partial charge in [0, 0.05) is 24.5 Å². The van der Waals surface area contributed by atoms with Crippen LogP contribution in [0.5, 0.6) is 0 Å². The van der Waals surface area contributed by atoms with Gasteiger partial charge in [0.15, 0.2) is 0 Å².